The lowest BCUT2D eigenvalue weighted by Crippen LogP contribution is -2.31. The summed E-state index contributed by atoms with van der Waals surface area (Å²) in [6.45, 7) is 1.43. The van der Waals surface area contributed by atoms with Crippen molar-refractivity contribution in [2.45, 2.75) is 22.8 Å². The number of Topliss-reactive ketones (excluding diaryl/α,β-unsaturated/α-hetero) is 1. The van der Waals surface area contributed by atoms with Gasteiger partial charge in [-0.2, -0.15) is 0 Å². The summed E-state index contributed by atoms with van der Waals surface area (Å²) in [7, 11) is -4.19. The van der Waals surface area contributed by atoms with Crippen molar-refractivity contribution in [1.82, 2.24) is 0 Å². The van der Waals surface area contributed by atoms with Gasteiger partial charge in [-0.3, -0.25) is 14.5 Å². The summed E-state index contributed by atoms with van der Waals surface area (Å²) in [5.74, 6) is -1.76. The number of aliphatic hydroxyl groups is 1. The van der Waals surface area contributed by atoms with Gasteiger partial charge in [-0.25, -0.2) is 8.42 Å². The Hall–Kier alpha value is -3.36. The second kappa shape index (κ2) is 8.88. The molecule has 0 saturated carbocycles. The van der Waals surface area contributed by atoms with E-state index in [0.29, 0.717) is 16.8 Å². The zero-order chi connectivity index (χ0) is 23.8. The standard InChI is InChI=1S/C25H21NO5S2/c1-16(27)17-8-12-19(13-9-17)26-22(18-10-14-20(32-2)15-11-18)24(23(28)25(26)29)33(30,31)21-6-4-3-5-7-21/h3-15,22,28H,1-2H3/t22-/m0/s1. The second-order valence-electron chi connectivity index (χ2n) is 7.48. The van der Waals surface area contributed by atoms with Gasteiger partial charge in [0.05, 0.1) is 4.90 Å². The van der Waals surface area contributed by atoms with Gasteiger partial charge in [0.25, 0.3) is 5.91 Å². The Morgan fingerprint density at radius 2 is 1.55 bits per heavy atom. The summed E-state index contributed by atoms with van der Waals surface area (Å²) in [6, 6.07) is 20.1. The van der Waals surface area contributed by atoms with Crippen LogP contribution in [-0.4, -0.2) is 31.5 Å². The van der Waals surface area contributed by atoms with E-state index in [9.17, 15) is 23.1 Å². The number of rotatable bonds is 6. The second-order valence-corrected chi connectivity index (χ2v) is 10.3. The number of benzene rings is 3. The molecular weight excluding hydrogens is 458 g/mol. The van der Waals surface area contributed by atoms with E-state index >= 15 is 0 Å². The number of hydrogen-bond acceptors (Lipinski definition) is 6. The van der Waals surface area contributed by atoms with Gasteiger partial charge in [0.1, 0.15) is 10.9 Å². The van der Waals surface area contributed by atoms with E-state index < -0.39 is 27.5 Å². The Morgan fingerprint density at radius 1 is 0.939 bits per heavy atom. The summed E-state index contributed by atoms with van der Waals surface area (Å²) in [5, 5.41) is 10.8. The maximum Gasteiger partial charge on any atom is 0.295 e. The van der Waals surface area contributed by atoms with Crippen LogP contribution in [0.4, 0.5) is 5.69 Å². The van der Waals surface area contributed by atoms with Gasteiger partial charge in [0.2, 0.25) is 9.84 Å². The molecule has 1 atom stereocenters. The van der Waals surface area contributed by atoms with Gasteiger partial charge in [-0.15, -0.1) is 11.8 Å². The third kappa shape index (κ3) is 4.07. The van der Waals surface area contributed by atoms with Crippen molar-refractivity contribution < 1.29 is 23.1 Å². The highest BCUT2D eigenvalue weighted by molar-refractivity contribution is 7.98. The molecule has 0 aromatic heterocycles. The number of aliphatic hydroxyl groups excluding tert-OH is 1. The minimum atomic E-state index is -4.19. The van der Waals surface area contributed by atoms with Crippen LogP contribution in [0.1, 0.15) is 28.9 Å². The van der Waals surface area contributed by atoms with E-state index in [1.165, 1.54) is 35.7 Å². The van der Waals surface area contributed by atoms with Crippen molar-refractivity contribution in [2.24, 2.45) is 0 Å². The molecule has 0 aliphatic carbocycles. The van der Waals surface area contributed by atoms with Gasteiger partial charge < -0.3 is 5.11 Å². The maximum atomic E-state index is 13.6. The largest absolute Gasteiger partial charge is 0.502 e. The number of ketones is 1. The number of thioether (sulfide) groups is 1. The van der Waals surface area contributed by atoms with Gasteiger partial charge in [0, 0.05) is 16.1 Å². The van der Waals surface area contributed by atoms with Crippen LogP contribution < -0.4 is 4.90 Å². The SMILES string of the molecule is CSc1ccc([C@H]2C(S(=O)(=O)c3ccccc3)=C(O)C(=O)N2c2ccc(C(C)=O)cc2)cc1. The first-order valence-electron chi connectivity index (χ1n) is 10.1. The van der Waals surface area contributed by atoms with Crippen molar-refractivity contribution in [2.75, 3.05) is 11.2 Å². The van der Waals surface area contributed by atoms with Crippen molar-refractivity contribution in [1.29, 1.82) is 0 Å². The first kappa shape index (κ1) is 22.8. The van der Waals surface area contributed by atoms with Crippen molar-refractivity contribution in [3.8, 4) is 0 Å². The highest BCUT2D eigenvalue weighted by Gasteiger charge is 2.47. The molecule has 6 nitrogen and oxygen atoms in total. The number of sulfone groups is 1. The summed E-state index contributed by atoms with van der Waals surface area (Å²) < 4.78 is 27.1. The Morgan fingerprint density at radius 3 is 2.09 bits per heavy atom. The van der Waals surface area contributed by atoms with Gasteiger partial charge in [-0.1, -0.05) is 30.3 Å². The molecule has 3 aromatic rings. The summed E-state index contributed by atoms with van der Waals surface area (Å²) in [5.41, 5.74) is 1.37. The lowest BCUT2D eigenvalue weighted by Gasteiger charge is -2.27. The van der Waals surface area contributed by atoms with E-state index in [1.807, 2.05) is 18.4 Å². The first-order chi connectivity index (χ1) is 15.8. The molecular formula is C25H21NO5S2. The molecule has 168 valence electrons. The Labute approximate surface area is 196 Å². The topological polar surface area (TPSA) is 91.8 Å². The average Bonchev–Trinajstić information content (AvgIpc) is 3.10. The van der Waals surface area contributed by atoms with Crippen LogP contribution in [0.2, 0.25) is 0 Å². The minimum Gasteiger partial charge on any atom is -0.502 e. The van der Waals surface area contributed by atoms with Crippen molar-refractivity contribution in [3.05, 3.63) is 101 Å². The summed E-state index contributed by atoms with van der Waals surface area (Å²) >= 11 is 1.53. The van der Waals surface area contributed by atoms with Crippen LogP contribution in [-0.2, 0) is 14.6 Å². The Kier molecular flexibility index (Phi) is 6.14. The van der Waals surface area contributed by atoms with Crippen molar-refractivity contribution >= 4 is 39.0 Å². The molecule has 4 rings (SSSR count). The predicted molar refractivity (Wildman–Crippen MR) is 128 cm³/mol. The molecule has 0 unspecified atom stereocenters. The zero-order valence-corrected chi connectivity index (χ0v) is 19.6. The molecule has 0 saturated heterocycles. The number of anilines is 1. The molecule has 0 bridgehead atoms. The number of carbonyl (C=O) groups is 2. The fourth-order valence-electron chi connectivity index (χ4n) is 3.79. The van der Waals surface area contributed by atoms with E-state index in [2.05, 4.69) is 0 Å². The highest BCUT2D eigenvalue weighted by atomic mass is 32.2. The summed E-state index contributed by atoms with van der Waals surface area (Å²) in [4.78, 5) is 26.7. The van der Waals surface area contributed by atoms with Gasteiger partial charge in [-0.05, 0) is 67.3 Å². The summed E-state index contributed by atoms with van der Waals surface area (Å²) in [6.07, 6.45) is 1.92. The smallest absolute Gasteiger partial charge is 0.295 e. The lowest BCUT2D eigenvalue weighted by molar-refractivity contribution is -0.117. The molecule has 33 heavy (non-hydrogen) atoms. The Balaban J connectivity index is 1.91. The molecule has 0 radical (unpaired) electrons. The molecule has 1 heterocycles. The monoisotopic (exact) mass is 479 g/mol. The molecule has 1 amide bonds. The maximum absolute atomic E-state index is 13.6. The molecule has 8 heteroatoms. The molecule has 0 spiro atoms. The molecule has 3 aromatic carbocycles. The third-order valence-corrected chi connectivity index (χ3v) is 8.12. The third-order valence-electron chi connectivity index (χ3n) is 5.49. The zero-order valence-electron chi connectivity index (χ0n) is 17.9. The number of nitrogens with zero attached hydrogens (tertiary/aromatic N) is 1. The normalized spacial score (nSPS) is 16.4. The molecule has 1 N–H and O–H groups in total. The van der Waals surface area contributed by atoms with E-state index in [1.54, 1.807) is 54.6 Å². The van der Waals surface area contributed by atoms with E-state index in [4.69, 9.17) is 0 Å². The number of carbonyl (C=O) groups excluding carboxylic acids is 2. The van der Waals surface area contributed by atoms with Gasteiger partial charge >= 0.3 is 0 Å². The van der Waals surface area contributed by atoms with Gasteiger partial charge in [0.15, 0.2) is 11.5 Å². The quantitative estimate of drug-likeness (QED) is 0.398. The van der Waals surface area contributed by atoms with Crippen LogP contribution in [0.5, 0.6) is 0 Å². The van der Waals surface area contributed by atoms with Crippen molar-refractivity contribution in [3.63, 3.8) is 0 Å². The van der Waals surface area contributed by atoms with Crippen LogP contribution >= 0.6 is 11.8 Å². The molecule has 1 aliphatic rings. The van der Waals surface area contributed by atoms with Crippen LogP contribution in [0.3, 0.4) is 0 Å². The fraction of sp³-hybridized carbons (Fsp3) is 0.120. The fourth-order valence-corrected chi connectivity index (χ4v) is 5.85. The molecule has 1 aliphatic heterocycles. The Bertz CT molecular complexity index is 1350. The first-order valence-corrected chi connectivity index (χ1v) is 12.8. The van der Waals surface area contributed by atoms with Crippen LogP contribution in [0.15, 0.2) is 99.3 Å². The lowest BCUT2D eigenvalue weighted by atomic mass is 10.1. The molecule has 0 fully saturated rings. The highest BCUT2D eigenvalue weighted by Crippen LogP contribution is 2.45. The van der Waals surface area contributed by atoms with E-state index in [0.717, 1.165) is 4.90 Å². The van der Waals surface area contributed by atoms with E-state index in [-0.39, 0.29) is 15.6 Å². The minimum absolute atomic E-state index is 0.0149. The predicted octanol–water partition coefficient (Wildman–Crippen LogP) is 4.94. The number of hydrogen-bond donors (Lipinski definition) is 1. The average molecular weight is 480 g/mol. The number of amides is 1. The van der Waals surface area contributed by atoms with Crippen LogP contribution in [0, 0.1) is 0 Å². The van der Waals surface area contributed by atoms with Crippen LogP contribution in [0.25, 0.3) is 0 Å².